The molecule has 8 heteroatoms. The molecule has 19 heavy (non-hydrogen) atoms. The number of amides is 4. The predicted octanol–water partition coefficient (Wildman–Crippen LogP) is 1.26. The third-order valence-electron chi connectivity index (χ3n) is 2.33. The molecule has 2 rings (SSSR count). The van der Waals surface area contributed by atoms with Gasteiger partial charge >= 0.3 is 12.6 Å². The van der Waals surface area contributed by atoms with E-state index in [0.29, 0.717) is 0 Å². The van der Waals surface area contributed by atoms with Crippen LogP contribution in [0.2, 0.25) is 0 Å². The van der Waals surface area contributed by atoms with Crippen LogP contribution in [0.1, 0.15) is 6.42 Å². The first-order valence-electron chi connectivity index (χ1n) is 5.19. The number of hydrogen-bond donors (Lipinski definition) is 1. The highest BCUT2D eigenvalue weighted by molar-refractivity contribution is 6.26. The highest BCUT2D eigenvalue weighted by Crippen LogP contribution is 2.22. The van der Waals surface area contributed by atoms with Gasteiger partial charge in [-0.2, -0.15) is 8.78 Å². The van der Waals surface area contributed by atoms with Gasteiger partial charge in [-0.05, 0) is 24.3 Å². The minimum absolute atomic E-state index is 0.0975. The molecule has 0 unspecified atom stereocenters. The van der Waals surface area contributed by atoms with Crippen LogP contribution in [0.4, 0.5) is 19.3 Å². The molecular formula is C11H8F2N2O4. The maximum absolute atomic E-state index is 12.0. The molecule has 1 aliphatic rings. The number of rotatable bonds is 3. The van der Waals surface area contributed by atoms with Crippen LogP contribution in [0.25, 0.3) is 0 Å². The smallest absolute Gasteiger partial charge is 0.387 e. The Kier molecular flexibility index (Phi) is 3.41. The molecule has 0 radical (unpaired) electrons. The summed E-state index contributed by atoms with van der Waals surface area (Å²) >= 11 is 0. The topological polar surface area (TPSA) is 75.7 Å². The molecule has 1 heterocycles. The van der Waals surface area contributed by atoms with Gasteiger partial charge in [-0.3, -0.25) is 14.9 Å². The van der Waals surface area contributed by atoms with E-state index in [2.05, 4.69) is 4.74 Å². The molecule has 100 valence electrons. The van der Waals surface area contributed by atoms with E-state index in [1.807, 2.05) is 5.32 Å². The molecular weight excluding hydrogens is 262 g/mol. The average Bonchev–Trinajstić information content (AvgIpc) is 2.29. The van der Waals surface area contributed by atoms with Crippen molar-refractivity contribution in [2.45, 2.75) is 13.0 Å². The highest BCUT2D eigenvalue weighted by atomic mass is 19.3. The summed E-state index contributed by atoms with van der Waals surface area (Å²) < 4.78 is 28.0. The van der Waals surface area contributed by atoms with Gasteiger partial charge in [0.1, 0.15) is 12.2 Å². The molecule has 1 aromatic rings. The fourth-order valence-corrected chi connectivity index (χ4v) is 1.59. The Bertz CT molecular complexity index is 510. The third-order valence-corrected chi connectivity index (χ3v) is 2.33. The van der Waals surface area contributed by atoms with Crippen molar-refractivity contribution in [1.82, 2.24) is 5.32 Å². The van der Waals surface area contributed by atoms with E-state index >= 15 is 0 Å². The van der Waals surface area contributed by atoms with Crippen LogP contribution >= 0.6 is 0 Å². The van der Waals surface area contributed by atoms with Crippen molar-refractivity contribution in [3.05, 3.63) is 24.3 Å². The van der Waals surface area contributed by atoms with Crippen LogP contribution in [0.15, 0.2) is 24.3 Å². The molecule has 0 bridgehead atoms. The molecule has 0 aliphatic carbocycles. The summed E-state index contributed by atoms with van der Waals surface area (Å²) in [6, 6.07) is 4.05. The molecule has 0 spiro atoms. The summed E-state index contributed by atoms with van der Waals surface area (Å²) in [5, 5.41) is 1.98. The number of carbonyl (C=O) groups is 3. The summed E-state index contributed by atoms with van der Waals surface area (Å²) in [5.74, 6) is -1.46. The lowest BCUT2D eigenvalue weighted by atomic mass is 10.2. The van der Waals surface area contributed by atoms with Crippen LogP contribution in [0.3, 0.4) is 0 Å². The van der Waals surface area contributed by atoms with Crippen molar-refractivity contribution < 1.29 is 27.9 Å². The van der Waals surface area contributed by atoms with Gasteiger partial charge in [-0.15, -0.1) is 0 Å². The largest absolute Gasteiger partial charge is 0.435 e. The summed E-state index contributed by atoms with van der Waals surface area (Å²) in [4.78, 5) is 34.8. The number of alkyl halides is 2. The first kappa shape index (κ1) is 12.9. The summed E-state index contributed by atoms with van der Waals surface area (Å²) in [6.07, 6.45) is -0.443. The molecule has 1 aliphatic heterocycles. The Morgan fingerprint density at radius 3 is 2.32 bits per heavy atom. The molecule has 6 nitrogen and oxygen atoms in total. The number of imide groups is 2. The van der Waals surface area contributed by atoms with Gasteiger partial charge in [0.15, 0.2) is 0 Å². The van der Waals surface area contributed by atoms with Crippen molar-refractivity contribution in [2.24, 2.45) is 0 Å². The van der Waals surface area contributed by atoms with Crippen molar-refractivity contribution >= 4 is 23.5 Å². The lowest BCUT2D eigenvalue weighted by Crippen LogP contribution is -2.52. The van der Waals surface area contributed by atoms with Crippen molar-refractivity contribution in [3.63, 3.8) is 0 Å². The number of carbonyl (C=O) groups excluding carboxylic acids is 3. The third kappa shape index (κ3) is 2.84. The fraction of sp³-hybridized carbons (Fsp3) is 0.182. The second kappa shape index (κ2) is 5.01. The number of hydrogen-bond acceptors (Lipinski definition) is 4. The second-order valence-corrected chi connectivity index (χ2v) is 3.63. The number of barbiturate groups is 1. The van der Waals surface area contributed by atoms with Crippen molar-refractivity contribution in [1.29, 1.82) is 0 Å². The molecule has 0 atom stereocenters. The minimum atomic E-state index is -2.96. The highest BCUT2D eigenvalue weighted by Gasteiger charge is 2.31. The monoisotopic (exact) mass is 270 g/mol. The first-order valence-corrected chi connectivity index (χ1v) is 5.19. The van der Waals surface area contributed by atoms with Crippen molar-refractivity contribution in [2.75, 3.05) is 4.90 Å². The van der Waals surface area contributed by atoms with E-state index in [1.165, 1.54) is 24.3 Å². The van der Waals surface area contributed by atoms with Gasteiger partial charge in [-0.25, -0.2) is 9.69 Å². The standard InChI is InChI=1S/C11H8F2N2O4/c12-10(13)19-7-3-1-6(2-4-7)15-9(17)5-8(16)14-11(15)18/h1-4,10H,5H2,(H,14,16,18). The number of nitrogens with zero attached hydrogens (tertiary/aromatic N) is 1. The number of ether oxygens (including phenoxy) is 1. The maximum atomic E-state index is 12.0. The maximum Gasteiger partial charge on any atom is 0.387 e. The number of anilines is 1. The summed E-state index contributed by atoms with van der Waals surface area (Å²) in [7, 11) is 0. The SMILES string of the molecule is O=C1CC(=O)N(c2ccc(OC(F)F)cc2)C(=O)N1. The van der Waals surface area contributed by atoms with Crippen LogP contribution in [0.5, 0.6) is 5.75 Å². The van der Waals surface area contributed by atoms with Crippen LogP contribution in [0, 0.1) is 0 Å². The fourth-order valence-electron chi connectivity index (χ4n) is 1.59. The molecule has 4 amide bonds. The van der Waals surface area contributed by atoms with Gasteiger partial charge in [-0.1, -0.05) is 0 Å². The molecule has 1 saturated heterocycles. The zero-order valence-corrected chi connectivity index (χ0v) is 9.43. The van der Waals surface area contributed by atoms with Crippen LogP contribution in [-0.4, -0.2) is 24.5 Å². The minimum Gasteiger partial charge on any atom is -0.435 e. The van der Waals surface area contributed by atoms with E-state index in [4.69, 9.17) is 0 Å². The van der Waals surface area contributed by atoms with E-state index in [-0.39, 0.29) is 11.4 Å². The van der Waals surface area contributed by atoms with Crippen LogP contribution in [-0.2, 0) is 9.59 Å². The molecule has 1 N–H and O–H groups in total. The van der Waals surface area contributed by atoms with E-state index in [0.717, 1.165) is 4.90 Å². The van der Waals surface area contributed by atoms with E-state index < -0.39 is 30.9 Å². The van der Waals surface area contributed by atoms with Crippen molar-refractivity contribution in [3.8, 4) is 5.75 Å². The van der Waals surface area contributed by atoms with Gasteiger partial charge in [0.05, 0.1) is 5.69 Å². The Morgan fingerprint density at radius 2 is 1.79 bits per heavy atom. The molecule has 0 aromatic heterocycles. The van der Waals surface area contributed by atoms with Gasteiger partial charge in [0.25, 0.3) is 0 Å². The molecule has 1 aromatic carbocycles. The second-order valence-electron chi connectivity index (χ2n) is 3.63. The average molecular weight is 270 g/mol. The first-order chi connectivity index (χ1) is 8.97. The molecule has 0 saturated carbocycles. The van der Waals surface area contributed by atoms with E-state index in [9.17, 15) is 23.2 Å². The summed E-state index contributed by atoms with van der Waals surface area (Å²) in [5.41, 5.74) is 0.164. The van der Waals surface area contributed by atoms with Gasteiger partial charge in [0.2, 0.25) is 11.8 Å². The summed E-state index contributed by atoms with van der Waals surface area (Å²) in [6.45, 7) is -2.96. The zero-order valence-electron chi connectivity index (χ0n) is 9.43. The van der Waals surface area contributed by atoms with Crippen LogP contribution < -0.4 is 15.0 Å². The Hall–Kier alpha value is -2.51. The Balaban J connectivity index is 2.19. The number of urea groups is 1. The van der Waals surface area contributed by atoms with E-state index in [1.54, 1.807) is 0 Å². The zero-order chi connectivity index (χ0) is 14.0. The number of halogens is 2. The lowest BCUT2D eigenvalue weighted by molar-refractivity contribution is -0.128. The normalized spacial score (nSPS) is 15.7. The lowest BCUT2D eigenvalue weighted by Gasteiger charge is -2.24. The van der Waals surface area contributed by atoms with Gasteiger partial charge in [0, 0.05) is 0 Å². The number of nitrogens with one attached hydrogen (secondary N) is 1. The Labute approximate surface area is 105 Å². The Morgan fingerprint density at radius 1 is 1.16 bits per heavy atom. The predicted molar refractivity (Wildman–Crippen MR) is 58.7 cm³/mol. The van der Waals surface area contributed by atoms with Gasteiger partial charge < -0.3 is 4.74 Å². The molecule has 1 fully saturated rings. The number of benzene rings is 1. The quantitative estimate of drug-likeness (QED) is 0.839.